The number of benzene rings is 2. The van der Waals surface area contributed by atoms with E-state index in [0.29, 0.717) is 11.6 Å². The summed E-state index contributed by atoms with van der Waals surface area (Å²) in [5, 5.41) is 13.1. The van der Waals surface area contributed by atoms with Crippen LogP contribution in [0.5, 0.6) is 0 Å². The van der Waals surface area contributed by atoms with Crippen molar-refractivity contribution in [3.8, 4) is 6.07 Å². The molecular weight excluding hydrogens is 346 g/mol. The fourth-order valence-electron chi connectivity index (χ4n) is 2.48. The van der Waals surface area contributed by atoms with Crippen LogP contribution in [0.15, 0.2) is 60.3 Å². The number of nitrogens with one attached hydrogen (secondary N) is 1. The molecule has 0 radical (unpaired) electrons. The first-order chi connectivity index (χ1) is 12.4. The molecule has 2 rings (SSSR count). The lowest BCUT2D eigenvalue weighted by Crippen LogP contribution is -2.37. The van der Waals surface area contributed by atoms with Crippen molar-refractivity contribution in [2.75, 3.05) is 5.32 Å². The van der Waals surface area contributed by atoms with E-state index in [-0.39, 0.29) is 17.5 Å². The predicted molar refractivity (Wildman–Crippen MR) is 106 cm³/mol. The second kappa shape index (κ2) is 9.07. The topological polar surface area (TPSA) is 56.1 Å². The molecule has 2 aromatic carbocycles. The standard InChI is InChI=1S/C21H22ClN3O/c1-15(2)25(14-17-8-5-4-6-9-17)21(26)18(12-23)13-24-20-11-7-10-19(22)16(20)3/h4-11,13,15,24H,14H2,1-3H3/b18-13-. The van der Waals surface area contributed by atoms with Gasteiger partial charge in [0.1, 0.15) is 11.6 Å². The number of nitrogens with zero attached hydrogens (tertiary/aromatic N) is 2. The van der Waals surface area contributed by atoms with Crippen LogP contribution in [-0.2, 0) is 11.3 Å². The van der Waals surface area contributed by atoms with Crippen LogP contribution < -0.4 is 5.32 Å². The summed E-state index contributed by atoms with van der Waals surface area (Å²) in [4.78, 5) is 14.5. The Labute approximate surface area is 159 Å². The summed E-state index contributed by atoms with van der Waals surface area (Å²) in [6.07, 6.45) is 1.45. The molecule has 1 amide bonds. The summed E-state index contributed by atoms with van der Waals surface area (Å²) in [5.41, 5.74) is 2.69. The molecule has 0 aliphatic heterocycles. The summed E-state index contributed by atoms with van der Waals surface area (Å²) in [5.74, 6) is -0.307. The van der Waals surface area contributed by atoms with Crippen LogP contribution in [0, 0.1) is 18.3 Å². The molecule has 0 spiro atoms. The van der Waals surface area contributed by atoms with Gasteiger partial charge in [-0.1, -0.05) is 48.0 Å². The maximum atomic E-state index is 12.9. The van der Waals surface area contributed by atoms with E-state index >= 15 is 0 Å². The second-order valence-corrected chi connectivity index (χ2v) is 6.65. The van der Waals surface area contributed by atoms with E-state index in [4.69, 9.17) is 11.6 Å². The van der Waals surface area contributed by atoms with E-state index in [2.05, 4.69) is 5.32 Å². The number of carbonyl (C=O) groups is 1. The Morgan fingerprint density at radius 3 is 2.54 bits per heavy atom. The molecule has 0 fully saturated rings. The van der Waals surface area contributed by atoms with Gasteiger partial charge in [0.05, 0.1) is 0 Å². The van der Waals surface area contributed by atoms with E-state index in [0.717, 1.165) is 16.8 Å². The average molecular weight is 368 g/mol. The van der Waals surface area contributed by atoms with Gasteiger partial charge < -0.3 is 10.2 Å². The molecule has 0 saturated heterocycles. The molecule has 0 aromatic heterocycles. The normalized spacial score (nSPS) is 11.2. The minimum atomic E-state index is -0.307. The van der Waals surface area contributed by atoms with Gasteiger partial charge in [0, 0.05) is 29.5 Å². The Morgan fingerprint density at radius 2 is 1.92 bits per heavy atom. The molecule has 0 heterocycles. The first-order valence-electron chi connectivity index (χ1n) is 8.41. The fourth-order valence-corrected chi connectivity index (χ4v) is 2.65. The van der Waals surface area contributed by atoms with Gasteiger partial charge >= 0.3 is 0 Å². The minimum absolute atomic E-state index is 0.0349. The van der Waals surface area contributed by atoms with Crippen molar-refractivity contribution >= 4 is 23.2 Å². The molecule has 0 unspecified atom stereocenters. The third-order valence-corrected chi connectivity index (χ3v) is 4.48. The van der Waals surface area contributed by atoms with Crippen LogP contribution in [0.2, 0.25) is 5.02 Å². The molecule has 0 aliphatic carbocycles. The van der Waals surface area contributed by atoms with E-state index in [9.17, 15) is 10.1 Å². The van der Waals surface area contributed by atoms with Crippen molar-refractivity contribution in [1.82, 2.24) is 4.90 Å². The van der Waals surface area contributed by atoms with Crippen LogP contribution >= 0.6 is 11.6 Å². The number of hydrogen-bond donors (Lipinski definition) is 1. The fraction of sp³-hybridized carbons (Fsp3) is 0.238. The monoisotopic (exact) mass is 367 g/mol. The molecule has 1 N–H and O–H groups in total. The zero-order valence-electron chi connectivity index (χ0n) is 15.2. The predicted octanol–water partition coefficient (Wildman–Crippen LogP) is 4.91. The van der Waals surface area contributed by atoms with Gasteiger partial charge in [-0.25, -0.2) is 0 Å². The molecule has 0 bridgehead atoms. The quantitative estimate of drug-likeness (QED) is 0.583. The van der Waals surface area contributed by atoms with Gasteiger partial charge in [0.25, 0.3) is 5.91 Å². The first kappa shape index (κ1) is 19.6. The van der Waals surface area contributed by atoms with Crippen molar-refractivity contribution in [3.05, 3.63) is 76.5 Å². The molecule has 0 atom stereocenters. The van der Waals surface area contributed by atoms with Crippen molar-refractivity contribution in [2.45, 2.75) is 33.4 Å². The lowest BCUT2D eigenvalue weighted by molar-refractivity contribution is -0.129. The van der Waals surface area contributed by atoms with Gasteiger partial charge in [-0.15, -0.1) is 0 Å². The molecule has 26 heavy (non-hydrogen) atoms. The Balaban J connectivity index is 2.22. The minimum Gasteiger partial charge on any atom is -0.360 e. The maximum Gasteiger partial charge on any atom is 0.266 e. The summed E-state index contributed by atoms with van der Waals surface area (Å²) in [6, 6.07) is 17.2. The highest BCUT2D eigenvalue weighted by molar-refractivity contribution is 6.31. The summed E-state index contributed by atoms with van der Waals surface area (Å²) < 4.78 is 0. The Morgan fingerprint density at radius 1 is 1.23 bits per heavy atom. The Bertz CT molecular complexity index is 838. The number of amides is 1. The van der Waals surface area contributed by atoms with E-state index in [1.165, 1.54) is 6.20 Å². The summed E-state index contributed by atoms with van der Waals surface area (Å²) in [7, 11) is 0. The van der Waals surface area contributed by atoms with Crippen molar-refractivity contribution in [2.24, 2.45) is 0 Å². The molecular formula is C21H22ClN3O. The largest absolute Gasteiger partial charge is 0.360 e. The van der Waals surface area contributed by atoms with Gasteiger partial charge in [0.15, 0.2) is 0 Å². The number of anilines is 1. The van der Waals surface area contributed by atoms with Gasteiger partial charge in [0.2, 0.25) is 0 Å². The zero-order chi connectivity index (χ0) is 19.1. The third kappa shape index (κ3) is 4.87. The van der Waals surface area contributed by atoms with Crippen LogP contribution in [-0.4, -0.2) is 16.8 Å². The third-order valence-electron chi connectivity index (χ3n) is 4.07. The summed E-state index contributed by atoms with van der Waals surface area (Å²) >= 11 is 6.11. The van der Waals surface area contributed by atoms with Crippen LogP contribution in [0.4, 0.5) is 5.69 Å². The molecule has 134 valence electrons. The first-order valence-corrected chi connectivity index (χ1v) is 8.78. The van der Waals surface area contributed by atoms with Crippen LogP contribution in [0.3, 0.4) is 0 Å². The van der Waals surface area contributed by atoms with Crippen LogP contribution in [0.25, 0.3) is 0 Å². The molecule has 0 saturated carbocycles. The van der Waals surface area contributed by atoms with Gasteiger partial charge in [-0.3, -0.25) is 4.79 Å². The highest BCUT2D eigenvalue weighted by Gasteiger charge is 2.21. The summed E-state index contributed by atoms with van der Waals surface area (Å²) in [6.45, 7) is 6.20. The van der Waals surface area contributed by atoms with E-state index in [1.54, 1.807) is 11.0 Å². The molecule has 4 nitrogen and oxygen atoms in total. The van der Waals surface area contributed by atoms with Crippen LogP contribution in [0.1, 0.15) is 25.0 Å². The molecule has 2 aromatic rings. The number of halogens is 1. The Kier molecular flexibility index (Phi) is 6.82. The highest BCUT2D eigenvalue weighted by atomic mass is 35.5. The van der Waals surface area contributed by atoms with Gasteiger partial charge in [-0.05, 0) is 44.0 Å². The maximum absolute atomic E-state index is 12.9. The van der Waals surface area contributed by atoms with Gasteiger partial charge in [-0.2, -0.15) is 5.26 Å². The molecule has 0 aliphatic rings. The molecule has 5 heteroatoms. The SMILES string of the molecule is Cc1c(Cl)cccc1N/C=C(/C#N)C(=O)N(Cc1ccccc1)C(C)C. The zero-order valence-corrected chi connectivity index (χ0v) is 15.9. The number of carbonyl (C=O) groups excluding carboxylic acids is 1. The lowest BCUT2D eigenvalue weighted by Gasteiger charge is -2.26. The average Bonchev–Trinajstić information content (AvgIpc) is 2.64. The highest BCUT2D eigenvalue weighted by Crippen LogP contribution is 2.23. The number of nitriles is 1. The lowest BCUT2D eigenvalue weighted by atomic mass is 10.1. The van der Waals surface area contributed by atoms with E-state index < -0.39 is 0 Å². The van der Waals surface area contributed by atoms with Crippen molar-refractivity contribution < 1.29 is 4.79 Å². The van der Waals surface area contributed by atoms with E-state index in [1.807, 2.05) is 69.3 Å². The Hall–Kier alpha value is -2.77. The van der Waals surface area contributed by atoms with Crippen molar-refractivity contribution in [1.29, 1.82) is 5.26 Å². The number of rotatable bonds is 6. The smallest absolute Gasteiger partial charge is 0.266 e. The number of hydrogen-bond acceptors (Lipinski definition) is 3. The second-order valence-electron chi connectivity index (χ2n) is 6.24. The van der Waals surface area contributed by atoms with Crippen molar-refractivity contribution in [3.63, 3.8) is 0 Å².